The number of anilines is 1. The zero-order valence-corrected chi connectivity index (χ0v) is 15.5. The molecule has 138 valence electrons. The van der Waals surface area contributed by atoms with Gasteiger partial charge >= 0.3 is 6.03 Å². The molecule has 0 aliphatic carbocycles. The van der Waals surface area contributed by atoms with E-state index in [0.717, 1.165) is 0 Å². The number of carbonyl (C=O) groups is 2. The minimum Gasteiger partial charge on any atom is -0.489 e. The molecule has 0 spiro atoms. The molecule has 1 aromatic rings. The van der Waals surface area contributed by atoms with Gasteiger partial charge in [0.05, 0.1) is 11.8 Å². The molecule has 0 bridgehead atoms. The van der Waals surface area contributed by atoms with E-state index in [1.807, 2.05) is 52.0 Å². The molecular formula is C19H29N3O3. The Labute approximate surface area is 149 Å². The summed E-state index contributed by atoms with van der Waals surface area (Å²) >= 11 is 0. The minimum absolute atomic E-state index is 0.0104. The van der Waals surface area contributed by atoms with E-state index in [4.69, 9.17) is 4.74 Å². The van der Waals surface area contributed by atoms with Crippen LogP contribution in [0.5, 0.6) is 5.75 Å². The summed E-state index contributed by atoms with van der Waals surface area (Å²) in [6.45, 7) is 8.98. The van der Waals surface area contributed by atoms with E-state index in [1.54, 1.807) is 4.90 Å². The van der Waals surface area contributed by atoms with Crippen LogP contribution < -0.4 is 15.4 Å². The van der Waals surface area contributed by atoms with Crippen LogP contribution in [-0.4, -0.2) is 42.1 Å². The Balaban J connectivity index is 1.90. The number of nitrogens with zero attached hydrogens (tertiary/aromatic N) is 1. The highest BCUT2D eigenvalue weighted by Gasteiger charge is 2.28. The maximum atomic E-state index is 12.6. The molecule has 6 nitrogen and oxygen atoms in total. The van der Waals surface area contributed by atoms with E-state index in [2.05, 4.69) is 10.6 Å². The quantitative estimate of drug-likeness (QED) is 0.859. The highest BCUT2D eigenvalue weighted by molar-refractivity contribution is 5.94. The Morgan fingerprint density at radius 1 is 1.12 bits per heavy atom. The summed E-state index contributed by atoms with van der Waals surface area (Å²) in [5.41, 5.74) is 0.696. The van der Waals surface area contributed by atoms with Gasteiger partial charge in [-0.05, 0) is 52.7 Å². The van der Waals surface area contributed by atoms with Crippen molar-refractivity contribution in [3.05, 3.63) is 24.3 Å². The number of benzene rings is 1. The number of hydrogen-bond donors (Lipinski definition) is 2. The van der Waals surface area contributed by atoms with E-state index in [0.29, 0.717) is 37.4 Å². The number of carbonyl (C=O) groups excluding carboxylic acids is 2. The maximum absolute atomic E-state index is 12.6. The number of likely N-dealkylation sites (tertiary alicyclic amines) is 1. The van der Waals surface area contributed by atoms with Crippen molar-refractivity contribution in [1.82, 2.24) is 10.2 Å². The predicted octanol–water partition coefficient (Wildman–Crippen LogP) is 3.24. The Bertz CT molecular complexity index is 593. The molecule has 2 rings (SSSR count). The monoisotopic (exact) mass is 347 g/mol. The third-order valence-electron chi connectivity index (χ3n) is 4.07. The van der Waals surface area contributed by atoms with Gasteiger partial charge in [0.1, 0.15) is 5.75 Å². The molecule has 25 heavy (non-hydrogen) atoms. The number of hydrogen-bond acceptors (Lipinski definition) is 3. The molecule has 1 aromatic carbocycles. The first-order chi connectivity index (χ1) is 11.9. The van der Waals surface area contributed by atoms with Crippen molar-refractivity contribution in [1.29, 1.82) is 0 Å². The summed E-state index contributed by atoms with van der Waals surface area (Å²) in [5, 5.41) is 5.87. The number of nitrogens with one attached hydrogen (secondary N) is 2. The van der Waals surface area contributed by atoms with E-state index < -0.39 is 0 Å². The third-order valence-corrected chi connectivity index (χ3v) is 4.07. The molecule has 0 unspecified atom stereocenters. The SMILES string of the molecule is CC(C)NC(=O)N1CCC(C(=O)Nc2ccccc2OC(C)C)CC1. The lowest BCUT2D eigenvalue weighted by Gasteiger charge is -2.32. The van der Waals surface area contributed by atoms with Crippen LogP contribution in [0.3, 0.4) is 0 Å². The summed E-state index contributed by atoms with van der Waals surface area (Å²) in [6, 6.07) is 7.53. The number of rotatable bonds is 5. The van der Waals surface area contributed by atoms with Gasteiger partial charge in [0.2, 0.25) is 5.91 Å². The minimum atomic E-state index is -0.0878. The van der Waals surface area contributed by atoms with E-state index in [-0.39, 0.29) is 30.0 Å². The zero-order valence-electron chi connectivity index (χ0n) is 15.5. The molecule has 1 aliphatic heterocycles. The molecule has 1 aliphatic rings. The number of amides is 3. The van der Waals surface area contributed by atoms with Crippen LogP contribution in [0, 0.1) is 5.92 Å². The molecule has 6 heteroatoms. The van der Waals surface area contributed by atoms with Gasteiger partial charge in [-0.15, -0.1) is 0 Å². The first-order valence-corrected chi connectivity index (χ1v) is 8.98. The van der Waals surface area contributed by atoms with Gasteiger partial charge in [0.25, 0.3) is 0 Å². The molecule has 0 aromatic heterocycles. The fourth-order valence-corrected chi connectivity index (χ4v) is 2.84. The van der Waals surface area contributed by atoms with Gasteiger partial charge in [-0.3, -0.25) is 4.79 Å². The first-order valence-electron chi connectivity index (χ1n) is 8.98. The van der Waals surface area contributed by atoms with E-state index in [1.165, 1.54) is 0 Å². The van der Waals surface area contributed by atoms with Gasteiger partial charge in [-0.1, -0.05) is 12.1 Å². The Kier molecular flexibility index (Phi) is 6.67. The average Bonchev–Trinajstić information content (AvgIpc) is 2.55. The second kappa shape index (κ2) is 8.74. The van der Waals surface area contributed by atoms with Gasteiger partial charge < -0.3 is 20.3 Å². The number of piperidine rings is 1. The van der Waals surface area contributed by atoms with Crippen LogP contribution in [0.25, 0.3) is 0 Å². The number of urea groups is 1. The summed E-state index contributed by atoms with van der Waals surface area (Å²) in [4.78, 5) is 26.4. The molecule has 0 radical (unpaired) electrons. The summed E-state index contributed by atoms with van der Waals surface area (Å²) in [5.74, 6) is 0.582. The van der Waals surface area contributed by atoms with Gasteiger partial charge in [0.15, 0.2) is 0 Å². The highest BCUT2D eigenvalue weighted by atomic mass is 16.5. The van der Waals surface area contributed by atoms with Crippen molar-refractivity contribution >= 4 is 17.6 Å². The molecule has 1 heterocycles. The highest BCUT2D eigenvalue weighted by Crippen LogP contribution is 2.27. The van der Waals surface area contributed by atoms with Crippen molar-refractivity contribution < 1.29 is 14.3 Å². The molecule has 1 fully saturated rings. The molecule has 2 N–H and O–H groups in total. The topological polar surface area (TPSA) is 70.7 Å². The first kappa shape index (κ1) is 19.1. The molecular weight excluding hydrogens is 318 g/mol. The maximum Gasteiger partial charge on any atom is 0.317 e. The number of ether oxygens (including phenoxy) is 1. The van der Waals surface area contributed by atoms with Crippen LogP contribution in [0.15, 0.2) is 24.3 Å². The summed E-state index contributed by atoms with van der Waals surface area (Å²) in [6.07, 6.45) is 1.38. The van der Waals surface area contributed by atoms with Crippen molar-refractivity contribution in [3.8, 4) is 5.75 Å². The number of para-hydroxylation sites is 2. The van der Waals surface area contributed by atoms with E-state index in [9.17, 15) is 9.59 Å². The fourth-order valence-electron chi connectivity index (χ4n) is 2.84. The summed E-state index contributed by atoms with van der Waals surface area (Å²) in [7, 11) is 0. The second-order valence-electron chi connectivity index (χ2n) is 7.02. The molecule has 0 atom stereocenters. The molecule has 1 saturated heterocycles. The smallest absolute Gasteiger partial charge is 0.317 e. The van der Waals surface area contributed by atoms with Crippen LogP contribution in [0.1, 0.15) is 40.5 Å². The van der Waals surface area contributed by atoms with Crippen LogP contribution in [-0.2, 0) is 4.79 Å². The van der Waals surface area contributed by atoms with Crippen molar-refractivity contribution in [2.24, 2.45) is 5.92 Å². The molecule has 3 amide bonds. The Hall–Kier alpha value is -2.24. The largest absolute Gasteiger partial charge is 0.489 e. The normalized spacial score (nSPS) is 15.4. The third kappa shape index (κ3) is 5.66. The Morgan fingerprint density at radius 3 is 2.36 bits per heavy atom. The van der Waals surface area contributed by atoms with Crippen molar-refractivity contribution in [3.63, 3.8) is 0 Å². The van der Waals surface area contributed by atoms with E-state index >= 15 is 0 Å². The van der Waals surface area contributed by atoms with Crippen molar-refractivity contribution in [2.75, 3.05) is 18.4 Å². The predicted molar refractivity (Wildman–Crippen MR) is 98.8 cm³/mol. The molecule has 0 saturated carbocycles. The lowest BCUT2D eigenvalue weighted by molar-refractivity contribution is -0.121. The second-order valence-corrected chi connectivity index (χ2v) is 7.02. The van der Waals surface area contributed by atoms with Gasteiger partial charge in [-0.25, -0.2) is 4.79 Å². The van der Waals surface area contributed by atoms with Crippen LogP contribution in [0.2, 0.25) is 0 Å². The van der Waals surface area contributed by atoms with Crippen LogP contribution >= 0.6 is 0 Å². The summed E-state index contributed by atoms with van der Waals surface area (Å²) < 4.78 is 5.74. The zero-order chi connectivity index (χ0) is 18.4. The fraction of sp³-hybridized carbons (Fsp3) is 0.579. The lowest BCUT2D eigenvalue weighted by atomic mass is 9.96. The van der Waals surface area contributed by atoms with Gasteiger partial charge in [-0.2, -0.15) is 0 Å². The van der Waals surface area contributed by atoms with Gasteiger partial charge in [0, 0.05) is 25.0 Å². The average molecular weight is 347 g/mol. The Morgan fingerprint density at radius 2 is 1.76 bits per heavy atom. The standard InChI is InChI=1S/C19H29N3O3/c1-13(2)20-19(24)22-11-9-15(10-12-22)18(23)21-16-7-5-6-8-17(16)25-14(3)4/h5-8,13-15H,9-12H2,1-4H3,(H,20,24)(H,21,23). The van der Waals surface area contributed by atoms with Crippen LogP contribution in [0.4, 0.5) is 10.5 Å². The lowest BCUT2D eigenvalue weighted by Crippen LogP contribution is -2.47. The van der Waals surface area contributed by atoms with Crippen molar-refractivity contribution in [2.45, 2.75) is 52.7 Å².